The molecule has 0 spiro atoms. The number of nitrogens with one attached hydrogen (secondary N) is 1. The molecular weight excluding hydrogens is 314 g/mol. The van der Waals surface area contributed by atoms with Crippen molar-refractivity contribution >= 4 is 16.7 Å². The van der Waals surface area contributed by atoms with E-state index in [4.69, 9.17) is 4.74 Å². The molecule has 0 saturated heterocycles. The van der Waals surface area contributed by atoms with Gasteiger partial charge >= 0.3 is 0 Å². The third-order valence-corrected chi connectivity index (χ3v) is 4.07. The topological polar surface area (TPSA) is 58.6 Å². The fourth-order valence-electron chi connectivity index (χ4n) is 2.70. The van der Waals surface area contributed by atoms with E-state index in [2.05, 4.69) is 5.32 Å². The van der Waals surface area contributed by atoms with Gasteiger partial charge in [-0.25, -0.2) is 0 Å². The molecule has 0 aromatic heterocycles. The first-order valence-electron chi connectivity index (χ1n) is 8.25. The van der Waals surface area contributed by atoms with Crippen molar-refractivity contribution < 1.29 is 14.6 Å². The van der Waals surface area contributed by atoms with Gasteiger partial charge in [0.1, 0.15) is 5.75 Å². The molecule has 3 rings (SSSR count). The molecular formula is C21H21NO3. The van der Waals surface area contributed by atoms with Crippen LogP contribution in [0.5, 0.6) is 5.75 Å². The van der Waals surface area contributed by atoms with Crippen LogP contribution < -0.4 is 10.1 Å². The summed E-state index contributed by atoms with van der Waals surface area (Å²) in [6, 6.07) is 21.2. The average Bonchev–Trinajstić information content (AvgIpc) is 2.65. The van der Waals surface area contributed by atoms with Crippen molar-refractivity contribution in [3.8, 4) is 5.75 Å². The number of rotatable bonds is 6. The highest BCUT2D eigenvalue weighted by molar-refractivity contribution is 5.86. The van der Waals surface area contributed by atoms with Crippen molar-refractivity contribution in [1.82, 2.24) is 5.32 Å². The monoisotopic (exact) mass is 335 g/mol. The second kappa shape index (κ2) is 7.81. The number of aliphatic hydroxyl groups excluding tert-OH is 1. The average molecular weight is 335 g/mol. The standard InChI is InChI=1S/C21H21NO3/c1-15-9-11-17(12-10-15)25-14-21(24)22-13-20(23)19-8-4-6-16-5-2-3-7-18(16)19/h2-12,20,23H,13-14H2,1H3,(H,22,24). The lowest BCUT2D eigenvalue weighted by molar-refractivity contribution is -0.123. The molecule has 0 aliphatic heterocycles. The number of benzene rings is 3. The summed E-state index contributed by atoms with van der Waals surface area (Å²) in [6.07, 6.45) is -0.769. The maximum Gasteiger partial charge on any atom is 0.258 e. The van der Waals surface area contributed by atoms with Crippen LogP contribution in [-0.2, 0) is 4.79 Å². The first-order valence-corrected chi connectivity index (χ1v) is 8.25. The van der Waals surface area contributed by atoms with E-state index in [0.29, 0.717) is 5.75 Å². The Labute approximate surface area is 147 Å². The number of hydrogen-bond donors (Lipinski definition) is 2. The lowest BCUT2D eigenvalue weighted by Crippen LogP contribution is -2.32. The molecule has 3 aromatic rings. The molecule has 4 nitrogen and oxygen atoms in total. The minimum Gasteiger partial charge on any atom is -0.484 e. The molecule has 1 atom stereocenters. The predicted octanol–water partition coefficient (Wildman–Crippen LogP) is 3.38. The Bertz CT molecular complexity index is 853. The molecule has 0 radical (unpaired) electrons. The number of ether oxygens (including phenoxy) is 1. The number of hydrogen-bond acceptors (Lipinski definition) is 3. The second-order valence-electron chi connectivity index (χ2n) is 5.99. The van der Waals surface area contributed by atoms with Crippen molar-refractivity contribution in [3.63, 3.8) is 0 Å². The van der Waals surface area contributed by atoms with Gasteiger partial charge in [0, 0.05) is 6.54 Å². The van der Waals surface area contributed by atoms with Crippen molar-refractivity contribution in [1.29, 1.82) is 0 Å². The number of aliphatic hydroxyl groups is 1. The molecule has 0 bridgehead atoms. The number of aryl methyl sites for hydroxylation is 1. The molecule has 0 fully saturated rings. The summed E-state index contributed by atoms with van der Waals surface area (Å²) in [5, 5.41) is 15.2. The molecule has 0 saturated carbocycles. The van der Waals surface area contributed by atoms with Gasteiger partial charge in [-0.2, -0.15) is 0 Å². The third-order valence-electron chi connectivity index (χ3n) is 4.07. The third kappa shape index (κ3) is 4.37. The van der Waals surface area contributed by atoms with Crippen LogP contribution in [0.1, 0.15) is 17.2 Å². The lowest BCUT2D eigenvalue weighted by Gasteiger charge is -2.15. The van der Waals surface area contributed by atoms with Crippen LogP contribution in [0.4, 0.5) is 0 Å². The highest BCUT2D eigenvalue weighted by atomic mass is 16.5. The van der Waals surface area contributed by atoms with Crippen LogP contribution in [0.2, 0.25) is 0 Å². The van der Waals surface area contributed by atoms with Gasteiger partial charge in [-0.15, -0.1) is 0 Å². The summed E-state index contributed by atoms with van der Waals surface area (Å²) >= 11 is 0. The molecule has 0 aliphatic rings. The summed E-state index contributed by atoms with van der Waals surface area (Å²) in [6.45, 7) is 2.06. The molecule has 2 N–H and O–H groups in total. The van der Waals surface area contributed by atoms with Crippen molar-refractivity contribution in [2.24, 2.45) is 0 Å². The van der Waals surface area contributed by atoms with Crippen molar-refractivity contribution in [3.05, 3.63) is 77.9 Å². The SMILES string of the molecule is Cc1ccc(OCC(=O)NCC(O)c2cccc3ccccc23)cc1. The summed E-state index contributed by atoms with van der Waals surface area (Å²) in [5.41, 5.74) is 1.94. The van der Waals surface area contributed by atoms with E-state index in [9.17, 15) is 9.90 Å². The Kier molecular flexibility index (Phi) is 5.31. The fourth-order valence-corrected chi connectivity index (χ4v) is 2.70. The second-order valence-corrected chi connectivity index (χ2v) is 5.99. The van der Waals surface area contributed by atoms with Gasteiger partial charge in [0.15, 0.2) is 6.61 Å². The predicted molar refractivity (Wildman–Crippen MR) is 98.6 cm³/mol. The van der Waals surface area contributed by atoms with Crippen molar-refractivity contribution in [2.75, 3.05) is 13.2 Å². The van der Waals surface area contributed by atoms with Gasteiger partial charge in [-0.3, -0.25) is 4.79 Å². The zero-order valence-corrected chi connectivity index (χ0v) is 14.1. The zero-order valence-electron chi connectivity index (χ0n) is 14.1. The molecule has 3 aromatic carbocycles. The van der Waals surface area contributed by atoms with E-state index in [1.54, 1.807) is 0 Å². The number of amides is 1. The van der Waals surface area contributed by atoms with Gasteiger partial charge in [-0.05, 0) is 35.4 Å². The van der Waals surface area contributed by atoms with E-state index in [1.165, 1.54) is 0 Å². The highest BCUT2D eigenvalue weighted by Gasteiger charge is 2.12. The molecule has 0 aliphatic carbocycles. The van der Waals surface area contributed by atoms with Crippen LogP contribution >= 0.6 is 0 Å². The Morgan fingerprint density at radius 1 is 1.04 bits per heavy atom. The Morgan fingerprint density at radius 2 is 1.76 bits per heavy atom. The molecule has 128 valence electrons. The van der Waals surface area contributed by atoms with Gasteiger partial charge in [0.25, 0.3) is 5.91 Å². The van der Waals surface area contributed by atoms with Crippen LogP contribution in [0.25, 0.3) is 10.8 Å². The lowest BCUT2D eigenvalue weighted by atomic mass is 10.0. The normalized spacial score (nSPS) is 11.9. The van der Waals surface area contributed by atoms with Crippen LogP contribution in [0.3, 0.4) is 0 Å². The fraction of sp³-hybridized carbons (Fsp3) is 0.190. The smallest absolute Gasteiger partial charge is 0.258 e. The molecule has 25 heavy (non-hydrogen) atoms. The molecule has 1 unspecified atom stereocenters. The van der Waals surface area contributed by atoms with Crippen LogP contribution in [-0.4, -0.2) is 24.2 Å². The van der Waals surface area contributed by atoms with E-state index in [0.717, 1.165) is 21.9 Å². The number of carbonyl (C=O) groups is 1. The zero-order chi connectivity index (χ0) is 17.6. The van der Waals surface area contributed by atoms with Crippen LogP contribution in [0.15, 0.2) is 66.7 Å². The Balaban J connectivity index is 1.55. The Hall–Kier alpha value is -2.85. The summed E-state index contributed by atoms with van der Waals surface area (Å²) in [5.74, 6) is 0.384. The quantitative estimate of drug-likeness (QED) is 0.726. The van der Waals surface area contributed by atoms with E-state index < -0.39 is 6.10 Å². The minimum absolute atomic E-state index is 0.0781. The first-order chi connectivity index (χ1) is 12.1. The van der Waals surface area contributed by atoms with E-state index >= 15 is 0 Å². The maximum atomic E-state index is 11.9. The summed E-state index contributed by atoms with van der Waals surface area (Å²) in [7, 11) is 0. The Morgan fingerprint density at radius 3 is 2.56 bits per heavy atom. The molecule has 1 amide bonds. The minimum atomic E-state index is -0.769. The van der Waals surface area contributed by atoms with Gasteiger partial charge in [-0.1, -0.05) is 60.2 Å². The summed E-state index contributed by atoms with van der Waals surface area (Å²) < 4.78 is 5.44. The number of carbonyl (C=O) groups excluding carboxylic acids is 1. The largest absolute Gasteiger partial charge is 0.484 e. The highest BCUT2D eigenvalue weighted by Crippen LogP contribution is 2.23. The number of fused-ring (bicyclic) bond motifs is 1. The van der Waals surface area contributed by atoms with Crippen LogP contribution in [0, 0.1) is 6.92 Å². The van der Waals surface area contributed by atoms with Gasteiger partial charge in [0.05, 0.1) is 6.10 Å². The van der Waals surface area contributed by atoms with Gasteiger partial charge in [0.2, 0.25) is 0 Å². The van der Waals surface area contributed by atoms with Gasteiger partial charge < -0.3 is 15.2 Å². The van der Waals surface area contributed by atoms with Crippen molar-refractivity contribution in [2.45, 2.75) is 13.0 Å². The maximum absolute atomic E-state index is 11.9. The molecule has 4 heteroatoms. The van der Waals surface area contributed by atoms with E-state index in [1.807, 2.05) is 73.7 Å². The first kappa shape index (κ1) is 17.0. The molecule has 0 heterocycles. The summed E-state index contributed by atoms with van der Waals surface area (Å²) in [4.78, 5) is 11.9. The van der Waals surface area contributed by atoms with E-state index in [-0.39, 0.29) is 19.1 Å².